The van der Waals surface area contributed by atoms with Crippen LogP contribution in [0.15, 0.2) is 0 Å². The van der Waals surface area contributed by atoms with E-state index in [2.05, 4.69) is 41.5 Å². The van der Waals surface area contributed by atoms with Crippen molar-refractivity contribution < 1.29 is 0 Å². The van der Waals surface area contributed by atoms with Crippen molar-refractivity contribution in [2.24, 2.45) is 10.8 Å². The van der Waals surface area contributed by atoms with Gasteiger partial charge in [0.05, 0.1) is 0 Å². The monoisotopic (exact) mass is 380 g/mol. The zero-order valence-corrected chi connectivity index (χ0v) is 20.4. The molecule has 0 fully saturated rings. The van der Waals surface area contributed by atoms with Gasteiger partial charge in [0.1, 0.15) is 0 Å². The molecule has 0 aromatic heterocycles. The first-order chi connectivity index (χ1) is 13.1. The summed E-state index contributed by atoms with van der Waals surface area (Å²) < 4.78 is 0. The maximum atomic E-state index is 2.39. The maximum absolute atomic E-state index is 2.39. The van der Waals surface area contributed by atoms with Crippen molar-refractivity contribution in [3.63, 3.8) is 0 Å². The fourth-order valence-electron chi connectivity index (χ4n) is 5.15. The Morgan fingerprint density at radius 3 is 0.667 bits per heavy atom. The van der Waals surface area contributed by atoms with Gasteiger partial charge in [0.15, 0.2) is 0 Å². The van der Waals surface area contributed by atoms with Crippen LogP contribution in [0.3, 0.4) is 0 Å². The predicted octanol–water partition coefficient (Wildman–Crippen LogP) is 10.5. The van der Waals surface area contributed by atoms with Crippen molar-refractivity contribution in [1.82, 2.24) is 0 Å². The quantitative estimate of drug-likeness (QED) is 0.184. The minimum atomic E-state index is 0.658. The minimum Gasteiger partial charge on any atom is -0.0649 e. The van der Waals surface area contributed by atoms with E-state index in [1.807, 2.05) is 0 Å². The third kappa shape index (κ3) is 11.6. The van der Waals surface area contributed by atoms with E-state index in [4.69, 9.17) is 0 Å². The van der Waals surface area contributed by atoms with Crippen LogP contribution in [-0.4, -0.2) is 0 Å². The Hall–Kier alpha value is 0. The van der Waals surface area contributed by atoms with Crippen molar-refractivity contribution >= 4 is 0 Å². The van der Waals surface area contributed by atoms with Crippen molar-refractivity contribution in [2.45, 2.75) is 164 Å². The highest BCUT2D eigenvalue weighted by Crippen LogP contribution is 2.37. The first-order valence-electron chi connectivity index (χ1n) is 13.1. The van der Waals surface area contributed by atoms with E-state index >= 15 is 0 Å². The highest BCUT2D eigenvalue weighted by molar-refractivity contribution is 4.75. The lowest BCUT2D eigenvalue weighted by molar-refractivity contribution is 0.219. The molecule has 27 heavy (non-hydrogen) atoms. The zero-order chi connectivity index (χ0) is 20.4. The lowest BCUT2D eigenvalue weighted by Crippen LogP contribution is -2.17. The number of rotatable bonds is 20. The molecule has 0 atom stereocenters. The van der Waals surface area contributed by atoms with E-state index < -0.39 is 0 Å². The summed E-state index contributed by atoms with van der Waals surface area (Å²) in [4.78, 5) is 0. The summed E-state index contributed by atoms with van der Waals surface area (Å²) in [5, 5.41) is 0. The Labute approximate surface area is 174 Å². The highest BCUT2D eigenvalue weighted by Gasteiger charge is 2.23. The molecule has 0 nitrogen and oxygen atoms in total. The number of hydrogen-bond acceptors (Lipinski definition) is 0. The van der Waals surface area contributed by atoms with Gasteiger partial charge in [0.2, 0.25) is 0 Å². The third-order valence-electron chi connectivity index (χ3n) is 8.41. The molecule has 0 aromatic carbocycles. The van der Waals surface area contributed by atoms with Crippen molar-refractivity contribution in [3.05, 3.63) is 0 Å². The van der Waals surface area contributed by atoms with Crippen LogP contribution in [0.5, 0.6) is 0 Å². The molecular weight excluding hydrogens is 324 g/mol. The molecule has 0 heterocycles. The van der Waals surface area contributed by atoms with E-state index in [0.29, 0.717) is 10.8 Å². The van der Waals surface area contributed by atoms with Crippen LogP contribution in [0, 0.1) is 10.8 Å². The van der Waals surface area contributed by atoms with E-state index in [1.165, 1.54) is 122 Å². The van der Waals surface area contributed by atoms with Gasteiger partial charge >= 0.3 is 0 Å². The van der Waals surface area contributed by atoms with Crippen LogP contribution in [0.2, 0.25) is 0 Å². The molecule has 0 aliphatic carbocycles. The molecule has 0 aromatic rings. The Kier molecular flexibility index (Phi) is 16.9. The summed E-state index contributed by atoms with van der Waals surface area (Å²) in [5.74, 6) is 0. The molecular formula is C27H56. The van der Waals surface area contributed by atoms with Crippen LogP contribution >= 0.6 is 0 Å². The fourth-order valence-corrected chi connectivity index (χ4v) is 5.15. The van der Waals surface area contributed by atoms with E-state index in [1.54, 1.807) is 0 Å². The molecule has 0 N–H and O–H groups in total. The summed E-state index contributed by atoms with van der Waals surface area (Å²) in [6.07, 6.45) is 27.3. The van der Waals surface area contributed by atoms with Gasteiger partial charge < -0.3 is 0 Å². The molecule has 0 heteroatoms. The molecule has 0 unspecified atom stereocenters. The summed E-state index contributed by atoms with van der Waals surface area (Å²) in [6.45, 7) is 14.3. The van der Waals surface area contributed by atoms with Crippen molar-refractivity contribution in [3.8, 4) is 0 Å². The van der Waals surface area contributed by atoms with Gasteiger partial charge in [-0.2, -0.15) is 0 Å². The first kappa shape index (κ1) is 27.0. The summed E-state index contributed by atoms with van der Waals surface area (Å²) in [7, 11) is 0. The molecule has 0 radical (unpaired) electrons. The van der Waals surface area contributed by atoms with Crippen molar-refractivity contribution in [2.75, 3.05) is 0 Å². The lowest BCUT2D eigenvalue weighted by atomic mass is 9.75. The second-order valence-electron chi connectivity index (χ2n) is 9.51. The van der Waals surface area contributed by atoms with Crippen LogP contribution in [0.25, 0.3) is 0 Å². The summed E-state index contributed by atoms with van der Waals surface area (Å²) >= 11 is 0. The van der Waals surface area contributed by atoms with Gasteiger partial charge in [-0.05, 0) is 23.7 Å². The van der Waals surface area contributed by atoms with Gasteiger partial charge in [0, 0.05) is 0 Å². The molecule has 0 rings (SSSR count). The summed E-state index contributed by atoms with van der Waals surface area (Å²) in [6, 6.07) is 0. The Balaban J connectivity index is 3.46. The normalized spacial score (nSPS) is 12.7. The second-order valence-corrected chi connectivity index (χ2v) is 9.51. The highest BCUT2D eigenvalue weighted by atomic mass is 14.3. The Morgan fingerprint density at radius 1 is 0.296 bits per heavy atom. The van der Waals surface area contributed by atoms with Gasteiger partial charge in [0.25, 0.3) is 0 Å². The third-order valence-corrected chi connectivity index (χ3v) is 8.41. The average molecular weight is 381 g/mol. The van der Waals surface area contributed by atoms with E-state index in [0.717, 1.165) is 0 Å². The molecule has 0 aliphatic rings. The number of hydrogen-bond donors (Lipinski definition) is 0. The van der Waals surface area contributed by atoms with Crippen LogP contribution in [-0.2, 0) is 0 Å². The van der Waals surface area contributed by atoms with E-state index in [9.17, 15) is 0 Å². The maximum Gasteiger partial charge on any atom is -0.0305 e. The van der Waals surface area contributed by atoms with Crippen LogP contribution in [0.1, 0.15) is 164 Å². The lowest BCUT2D eigenvalue weighted by Gasteiger charge is -2.30. The molecule has 0 saturated carbocycles. The van der Waals surface area contributed by atoms with Gasteiger partial charge in [-0.15, -0.1) is 0 Å². The standard InChI is InChI=1S/C27H56/c1-7-26(8-2,9-3)24-22-20-18-16-14-13-15-17-19-21-23-25-27(10-4,11-5)12-6/h7-25H2,1-6H3. The molecule has 0 amide bonds. The number of unbranched alkanes of at least 4 members (excludes halogenated alkanes) is 10. The van der Waals surface area contributed by atoms with E-state index in [-0.39, 0.29) is 0 Å². The molecule has 0 spiro atoms. The fraction of sp³-hybridized carbons (Fsp3) is 1.00. The smallest absolute Gasteiger partial charge is 0.0305 e. The first-order valence-corrected chi connectivity index (χ1v) is 13.1. The van der Waals surface area contributed by atoms with Crippen LogP contribution < -0.4 is 0 Å². The minimum absolute atomic E-state index is 0.658. The Bertz CT molecular complexity index is 249. The van der Waals surface area contributed by atoms with Crippen molar-refractivity contribution in [1.29, 1.82) is 0 Å². The largest absolute Gasteiger partial charge is 0.0649 e. The zero-order valence-electron chi connectivity index (χ0n) is 20.4. The van der Waals surface area contributed by atoms with Gasteiger partial charge in [-0.25, -0.2) is 0 Å². The molecule has 0 bridgehead atoms. The molecule has 0 saturated heterocycles. The second kappa shape index (κ2) is 16.9. The van der Waals surface area contributed by atoms with Crippen LogP contribution in [0.4, 0.5) is 0 Å². The molecule has 0 aliphatic heterocycles. The SMILES string of the molecule is CCC(CC)(CC)CCCCCCCCCCCCCC(CC)(CC)CC. The van der Waals surface area contributed by atoms with Gasteiger partial charge in [-0.1, -0.05) is 151 Å². The molecule has 164 valence electrons. The topological polar surface area (TPSA) is 0 Å². The van der Waals surface area contributed by atoms with Gasteiger partial charge in [-0.3, -0.25) is 0 Å². The Morgan fingerprint density at radius 2 is 0.481 bits per heavy atom. The summed E-state index contributed by atoms with van der Waals surface area (Å²) in [5.41, 5.74) is 1.32. The predicted molar refractivity (Wildman–Crippen MR) is 127 cm³/mol. The average Bonchev–Trinajstić information content (AvgIpc) is 2.72.